The van der Waals surface area contributed by atoms with Crippen LogP contribution in [0.5, 0.6) is 6.01 Å². The van der Waals surface area contributed by atoms with Crippen LogP contribution in [0.2, 0.25) is 5.02 Å². The average molecular weight is 668 g/mol. The van der Waals surface area contributed by atoms with Crippen LogP contribution >= 0.6 is 11.6 Å². The maximum absolute atomic E-state index is 13.3. The maximum Gasteiger partial charge on any atom is 0.318 e. The Hall–Kier alpha value is -4.80. The quantitative estimate of drug-likeness (QED) is 0.255. The molecule has 0 saturated carbocycles. The van der Waals surface area contributed by atoms with Gasteiger partial charge in [-0.05, 0) is 62.5 Å². The van der Waals surface area contributed by atoms with E-state index in [4.69, 9.17) is 26.3 Å². The van der Waals surface area contributed by atoms with E-state index >= 15 is 0 Å². The summed E-state index contributed by atoms with van der Waals surface area (Å²) in [6.45, 7) is 6.10. The molecular formula is C34H38ClN11O2. The van der Waals surface area contributed by atoms with Crippen LogP contribution in [0.25, 0.3) is 17.0 Å². The number of tetrazole rings is 1. The third kappa shape index (κ3) is 6.50. The Morgan fingerprint density at radius 3 is 2.73 bits per heavy atom. The topological polar surface area (TPSA) is 132 Å². The van der Waals surface area contributed by atoms with Gasteiger partial charge in [0.25, 0.3) is 0 Å². The molecule has 4 aromatic rings. The van der Waals surface area contributed by atoms with Crippen molar-refractivity contribution in [3.05, 3.63) is 64.6 Å². The van der Waals surface area contributed by atoms with Gasteiger partial charge < -0.3 is 24.3 Å². The summed E-state index contributed by atoms with van der Waals surface area (Å²) in [7, 11) is 2.13. The summed E-state index contributed by atoms with van der Waals surface area (Å²) in [4.78, 5) is 33.1. The number of nitriles is 1. The van der Waals surface area contributed by atoms with Crippen molar-refractivity contribution in [2.75, 3.05) is 56.2 Å². The van der Waals surface area contributed by atoms with Crippen molar-refractivity contribution in [3.63, 3.8) is 0 Å². The van der Waals surface area contributed by atoms with Gasteiger partial charge >= 0.3 is 6.01 Å². The van der Waals surface area contributed by atoms with Gasteiger partial charge in [-0.2, -0.15) is 15.2 Å². The second-order valence-corrected chi connectivity index (χ2v) is 13.0. The first-order chi connectivity index (χ1) is 23.4. The molecule has 248 valence electrons. The Morgan fingerprint density at radius 2 is 1.96 bits per heavy atom. The second kappa shape index (κ2) is 13.7. The molecule has 1 amide bonds. The monoisotopic (exact) mass is 667 g/mol. The highest BCUT2D eigenvalue weighted by atomic mass is 35.5. The highest BCUT2D eigenvalue weighted by Crippen LogP contribution is 2.37. The van der Waals surface area contributed by atoms with E-state index in [0.717, 1.165) is 70.9 Å². The number of nitrogens with zero attached hydrogens (tertiary/aromatic N) is 11. The first-order valence-electron chi connectivity index (χ1n) is 16.4. The van der Waals surface area contributed by atoms with E-state index in [-0.39, 0.29) is 18.4 Å². The van der Waals surface area contributed by atoms with Crippen molar-refractivity contribution < 1.29 is 9.53 Å². The Morgan fingerprint density at radius 1 is 1.10 bits per heavy atom. The van der Waals surface area contributed by atoms with Gasteiger partial charge in [0, 0.05) is 54.9 Å². The van der Waals surface area contributed by atoms with Gasteiger partial charge in [0.05, 0.1) is 42.0 Å². The van der Waals surface area contributed by atoms with E-state index in [0.29, 0.717) is 50.7 Å². The summed E-state index contributed by atoms with van der Waals surface area (Å²) in [5, 5.41) is 24.4. The number of anilines is 2. The van der Waals surface area contributed by atoms with Crippen molar-refractivity contribution in [3.8, 4) is 12.1 Å². The number of aryl methyl sites for hydroxylation is 1. The standard InChI is InChI=1S/C34H38ClN11O2/c1-23-39-41-46(40-23)17-13-31(47)45-19-18-44(20-25(45)11-14-36)33-27-12-16-43(30-10-4-7-24-6-3-9-28(35)32(24)30)21-29(27)37-34(38-33)48-22-26-8-5-15-42(26)2/h3-4,6-7,9-10,13,17,25-26H,5,8,11-12,15-16,18-22H2,1-2H3/b17-13+/t25-,26-/m0/s1. The van der Waals surface area contributed by atoms with Crippen LogP contribution in [0, 0.1) is 18.3 Å². The molecule has 2 saturated heterocycles. The van der Waals surface area contributed by atoms with Crippen molar-refractivity contribution >= 4 is 46.0 Å². The molecule has 0 bridgehead atoms. The van der Waals surface area contributed by atoms with Gasteiger partial charge in [-0.15, -0.1) is 15.0 Å². The van der Waals surface area contributed by atoms with Crippen LogP contribution < -0.4 is 14.5 Å². The van der Waals surface area contributed by atoms with Crippen molar-refractivity contribution in [2.24, 2.45) is 0 Å². The van der Waals surface area contributed by atoms with E-state index in [9.17, 15) is 10.1 Å². The SMILES string of the molecule is Cc1nnn(/C=C/C(=O)N2CCN(c3nc(OC[C@@H]4CCCN4C)nc4c3CCN(c3cccc5cccc(Cl)c35)C4)C[C@@H]2CC#N)n1. The fourth-order valence-electron chi connectivity index (χ4n) is 7.03. The number of piperazine rings is 1. The Labute approximate surface area is 284 Å². The first kappa shape index (κ1) is 31.8. The lowest BCUT2D eigenvalue weighted by molar-refractivity contribution is -0.128. The molecule has 3 aliphatic rings. The summed E-state index contributed by atoms with van der Waals surface area (Å²) >= 11 is 6.73. The van der Waals surface area contributed by atoms with E-state index < -0.39 is 0 Å². The molecule has 0 aliphatic carbocycles. The molecule has 48 heavy (non-hydrogen) atoms. The largest absolute Gasteiger partial charge is 0.462 e. The zero-order valence-corrected chi connectivity index (χ0v) is 27.9. The molecule has 2 atom stereocenters. The number of hydrogen-bond acceptors (Lipinski definition) is 11. The minimum Gasteiger partial charge on any atom is -0.462 e. The number of amides is 1. The number of likely N-dealkylation sites (tertiary alicyclic amines) is 1. The van der Waals surface area contributed by atoms with Crippen LogP contribution in [0.15, 0.2) is 42.5 Å². The number of rotatable bonds is 8. The third-order valence-electron chi connectivity index (χ3n) is 9.54. The molecule has 2 aromatic carbocycles. The van der Waals surface area contributed by atoms with Crippen molar-refractivity contribution in [1.29, 1.82) is 5.26 Å². The molecule has 14 heteroatoms. The molecule has 0 unspecified atom stereocenters. The zero-order valence-electron chi connectivity index (χ0n) is 27.2. The molecule has 2 fully saturated rings. The number of benzene rings is 2. The van der Waals surface area contributed by atoms with E-state index in [1.807, 2.05) is 12.1 Å². The molecule has 0 spiro atoms. The summed E-state index contributed by atoms with van der Waals surface area (Å²) in [6, 6.07) is 14.9. The molecule has 3 aliphatic heterocycles. The number of halogens is 1. The third-order valence-corrected chi connectivity index (χ3v) is 9.86. The predicted molar refractivity (Wildman–Crippen MR) is 183 cm³/mol. The van der Waals surface area contributed by atoms with Gasteiger partial charge in [-0.1, -0.05) is 35.9 Å². The second-order valence-electron chi connectivity index (χ2n) is 12.6. The van der Waals surface area contributed by atoms with Gasteiger partial charge in [0.1, 0.15) is 12.4 Å². The van der Waals surface area contributed by atoms with Gasteiger partial charge in [-0.3, -0.25) is 4.79 Å². The number of hydrogen-bond donors (Lipinski definition) is 0. The summed E-state index contributed by atoms with van der Waals surface area (Å²) < 4.78 is 6.32. The van der Waals surface area contributed by atoms with Gasteiger partial charge in [0.15, 0.2) is 5.82 Å². The molecule has 2 aromatic heterocycles. The van der Waals surface area contributed by atoms with Gasteiger partial charge in [-0.25, -0.2) is 0 Å². The summed E-state index contributed by atoms with van der Waals surface area (Å²) in [6.07, 6.45) is 6.06. The smallest absolute Gasteiger partial charge is 0.318 e. The van der Waals surface area contributed by atoms with Crippen LogP contribution in [-0.4, -0.2) is 104 Å². The normalized spacial score (nSPS) is 20.0. The summed E-state index contributed by atoms with van der Waals surface area (Å²) in [5.41, 5.74) is 3.06. The highest BCUT2D eigenvalue weighted by molar-refractivity contribution is 6.36. The number of fused-ring (bicyclic) bond motifs is 2. The predicted octanol–water partition coefficient (Wildman–Crippen LogP) is 3.72. The lowest BCUT2D eigenvalue weighted by Gasteiger charge is -2.42. The number of carbonyl (C=O) groups excluding carboxylic acids is 1. The van der Waals surface area contributed by atoms with Crippen LogP contribution in [0.4, 0.5) is 11.5 Å². The van der Waals surface area contributed by atoms with Gasteiger partial charge in [0.2, 0.25) is 5.91 Å². The summed E-state index contributed by atoms with van der Waals surface area (Å²) in [5.74, 6) is 1.13. The molecule has 0 radical (unpaired) electrons. The maximum atomic E-state index is 13.3. The minimum absolute atomic E-state index is 0.191. The molecular weight excluding hydrogens is 630 g/mol. The average Bonchev–Trinajstić information content (AvgIpc) is 3.72. The van der Waals surface area contributed by atoms with Crippen LogP contribution in [-0.2, 0) is 17.8 Å². The molecule has 7 rings (SSSR count). The zero-order chi connectivity index (χ0) is 33.2. The molecule has 5 heterocycles. The Kier molecular flexibility index (Phi) is 9.10. The minimum atomic E-state index is -0.327. The number of likely N-dealkylation sites (N-methyl/N-ethyl adjacent to an activating group) is 1. The molecule has 0 N–H and O–H groups in total. The van der Waals surface area contributed by atoms with E-state index in [1.54, 1.807) is 11.8 Å². The molecule has 13 nitrogen and oxygen atoms in total. The van der Waals surface area contributed by atoms with Crippen LogP contribution in [0.3, 0.4) is 0 Å². The number of aromatic nitrogens is 6. The first-order valence-corrected chi connectivity index (χ1v) is 16.8. The Bertz CT molecular complexity index is 1880. The number of carbonyl (C=O) groups is 1. The number of ether oxygens (including phenoxy) is 1. The lowest BCUT2D eigenvalue weighted by atomic mass is 10.0. The highest BCUT2D eigenvalue weighted by Gasteiger charge is 2.34. The van der Waals surface area contributed by atoms with Crippen molar-refractivity contribution in [1.82, 2.24) is 40.0 Å². The fraction of sp³-hybridized carbons (Fsp3) is 0.441. The van der Waals surface area contributed by atoms with Crippen LogP contribution in [0.1, 0.15) is 36.3 Å². The van der Waals surface area contributed by atoms with E-state index in [1.165, 1.54) is 17.1 Å². The fourth-order valence-corrected chi connectivity index (χ4v) is 7.31. The lowest BCUT2D eigenvalue weighted by Crippen LogP contribution is -2.55. The Balaban J connectivity index is 1.17. The van der Waals surface area contributed by atoms with Crippen molar-refractivity contribution in [2.45, 2.75) is 51.2 Å². The van der Waals surface area contributed by atoms with E-state index in [2.05, 4.69) is 67.5 Å².